The van der Waals surface area contributed by atoms with Gasteiger partial charge in [0.1, 0.15) is 5.75 Å². The van der Waals surface area contributed by atoms with Crippen LogP contribution in [0.3, 0.4) is 0 Å². The summed E-state index contributed by atoms with van der Waals surface area (Å²) in [6, 6.07) is 11.5. The van der Waals surface area contributed by atoms with Crippen LogP contribution in [-0.2, 0) is 0 Å². The second-order valence-corrected chi connectivity index (χ2v) is 5.34. The lowest BCUT2D eigenvalue weighted by atomic mass is 10.0. The Bertz CT molecular complexity index is 588. The minimum atomic E-state index is -0.0866. The number of benzene rings is 2. The Morgan fingerprint density at radius 2 is 1.79 bits per heavy atom. The van der Waals surface area contributed by atoms with Gasteiger partial charge in [-0.2, -0.15) is 5.10 Å². The quantitative estimate of drug-likeness (QED) is 0.650. The molecule has 0 aromatic heterocycles. The molecule has 0 heterocycles. The molecule has 2 aromatic carbocycles. The van der Waals surface area contributed by atoms with Crippen molar-refractivity contribution in [3.05, 3.63) is 42.0 Å². The van der Waals surface area contributed by atoms with Crippen LogP contribution in [-0.4, -0.2) is 16.9 Å². The highest BCUT2D eigenvalue weighted by molar-refractivity contribution is 6.02. The van der Waals surface area contributed by atoms with Crippen LogP contribution >= 0.6 is 12.4 Å². The van der Waals surface area contributed by atoms with Gasteiger partial charge in [-0.15, -0.1) is 12.4 Å². The van der Waals surface area contributed by atoms with Crippen LogP contribution < -0.4 is 5.43 Å². The zero-order valence-electron chi connectivity index (χ0n) is 11.3. The highest BCUT2D eigenvalue weighted by Gasteiger charge is 2.07. The lowest BCUT2D eigenvalue weighted by molar-refractivity contribution is 0.441. The number of hydrogen-bond donors (Lipinski definition) is 2. The van der Waals surface area contributed by atoms with Crippen molar-refractivity contribution < 1.29 is 5.11 Å². The minimum absolute atomic E-state index is 0. The van der Waals surface area contributed by atoms with E-state index in [0.717, 1.165) is 16.3 Å². The van der Waals surface area contributed by atoms with Crippen LogP contribution in [0.2, 0.25) is 0 Å². The molecule has 0 bridgehead atoms. The molecule has 0 saturated heterocycles. The molecule has 0 aliphatic heterocycles. The van der Waals surface area contributed by atoms with E-state index in [0.29, 0.717) is 0 Å². The number of nitrogens with zero attached hydrogens (tertiary/aromatic N) is 1. The van der Waals surface area contributed by atoms with E-state index in [4.69, 9.17) is 0 Å². The molecule has 0 atom stereocenters. The maximum Gasteiger partial charge on any atom is 0.125 e. The van der Waals surface area contributed by atoms with Crippen molar-refractivity contribution in [2.45, 2.75) is 26.3 Å². The molecule has 0 saturated carbocycles. The Hall–Kier alpha value is -1.74. The van der Waals surface area contributed by atoms with Gasteiger partial charge in [-0.05, 0) is 37.6 Å². The Morgan fingerprint density at radius 3 is 2.47 bits per heavy atom. The molecule has 0 unspecified atom stereocenters. The molecule has 2 rings (SSSR count). The Labute approximate surface area is 119 Å². The van der Waals surface area contributed by atoms with Gasteiger partial charge in [-0.25, -0.2) is 0 Å². The smallest absolute Gasteiger partial charge is 0.125 e. The van der Waals surface area contributed by atoms with E-state index in [9.17, 15) is 5.11 Å². The third-order valence-electron chi connectivity index (χ3n) is 2.54. The standard InChI is InChI=1S/C15H18N2O.ClH/c1-15(2,3)17-16-10-13-12-7-5-4-6-11(12)8-9-14(13)18;/h4-10,17-18H,1-3H3;1H/b16-10+;. The summed E-state index contributed by atoms with van der Waals surface area (Å²) in [6.07, 6.45) is 1.67. The Balaban J connectivity index is 0.00000180. The average molecular weight is 279 g/mol. The normalized spacial score (nSPS) is 11.5. The summed E-state index contributed by atoms with van der Waals surface area (Å²) < 4.78 is 0. The highest BCUT2D eigenvalue weighted by atomic mass is 35.5. The zero-order chi connectivity index (χ0) is 13.2. The third-order valence-corrected chi connectivity index (χ3v) is 2.54. The molecule has 0 aliphatic rings. The fourth-order valence-corrected chi connectivity index (χ4v) is 1.71. The zero-order valence-corrected chi connectivity index (χ0v) is 12.2. The van der Waals surface area contributed by atoms with E-state index in [2.05, 4.69) is 10.5 Å². The van der Waals surface area contributed by atoms with Gasteiger partial charge in [-0.1, -0.05) is 30.3 Å². The molecule has 0 spiro atoms. The van der Waals surface area contributed by atoms with Gasteiger partial charge in [0.05, 0.1) is 6.21 Å². The van der Waals surface area contributed by atoms with Crippen LogP contribution in [0.5, 0.6) is 5.75 Å². The number of fused-ring (bicyclic) bond motifs is 1. The summed E-state index contributed by atoms with van der Waals surface area (Å²) in [5.74, 6) is 0.244. The molecule has 0 aliphatic carbocycles. The first-order valence-electron chi connectivity index (χ1n) is 5.98. The molecule has 3 nitrogen and oxygen atoms in total. The molecule has 2 N–H and O–H groups in total. The second-order valence-electron chi connectivity index (χ2n) is 5.34. The molecular weight excluding hydrogens is 260 g/mol. The van der Waals surface area contributed by atoms with E-state index < -0.39 is 0 Å². The molecule has 2 aromatic rings. The molecule has 0 radical (unpaired) electrons. The lowest BCUT2D eigenvalue weighted by Gasteiger charge is -2.17. The van der Waals surface area contributed by atoms with Gasteiger partial charge in [0.15, 0.2) is 0 Å². The Morgan fingerprint density at radius 1 is 1.11 bits per heavy atom. The summed E-state index contributed by atoms with van der Waals surface area (Å²) in [5.41, 5.74) is 3.67. The lowest BCUT2D eigenvalue weighted by Crippen LogP contribution is -2.31. The summed E-state index contributed by atoms with van der Waals surface area (Å²) in [6.45, 7) is 6.11. The van der Waals surface area contributed by atoms with E-state index in [1.807, 2.05) is 51.1 Å². The first-order valence-corrected chi connectivity index (χ1v) is 5.98. The summed E-state index contributed by atoms with van der Waals surface area (Å²) in [4.78, 5) is 0. The number of nitrogens with one attached hydrogen (secondary N) is 1. The maximum atomic E-state index is 9.92. The van der Waals surface area contributed by atoms with Gasteiger partial charge in [-0.3, -0.25) is 0 Å². The average Bonchev–Trinajstić information content (AvgIpc) is 2.31. The monoisotopic (exact) mass is 278 g/mol. The second kappa shape index (κ2) is 5.93. The molecule has 0 amide bonds. The van der Waals surface area contributed by atoms with E-state index >= 15 is 0 Å². The highest BCUT2D eigenvalue weighted by Crippen LogP contribution is 2.25. The van der Waals surface area contributed by atoms with Gasteiger partial charge in [0.2, 0.25) is 0 Å². The summed E-state index contributed by atoms with van der Waals surface area (Å²) in [5, 5.41) is 16.2. The number of phenolic OH excluding ortho intramolecular Hbond substituents is 1. The van der Waals surface area contributed by atoms with Crippen LogP contribution in [0.1, 0.15) is 26.3 Å². The van der Waals surface area contributed by atoms with Crippen molar-refractivity contribution in [1.29, 1.82) is 0 Å². The van der Waals surface area contributed by atoms with Crippen LogP contribution in [0, 0.1) is 0 Å². The van der Waals surface area contributed by atoms with Gasteiger partial charge < -0.3 is 10.5 Å². The number of hydrogen-bond acceptors (Lipinski definition) is 3. The fourth-order valence-electron chi connectivity index (χ4n) is 1.71. The van der Waals surface area contributed by atoms with Crippen LogP contribution in [0.4, 0.5) is 0 Å². The van der Waals surface area contributed by atoms with Crippen LogP contribution in [0.15, 0.2) is 41.5 Å². The van der Waals surface area contributed by atoms with E-state index in [1.165, 1.54) is 0 Å². The topological polar surface area (TPSA) is 44.6 Å². The predicted molar refractivity (Wildman–Crippen MR) is 83.3 cm³/mol. The summed E-state index contributed by atoms with van der Waals surface area (Å²) >= 11 is 0. The molecule has 4 heteroatoms. The van der Waals surface area contributed by atoms with Crippen molar-refractivity contribution in [2.24, 2.45) is 5.10 Å². The predicted octanol–water partition coefficient (Wildman–Crippen LogP) is 3.69. The number of rotatable bonds is 2. The number of aromatic hydroxyl groups is 1. The van der Waals surface area contributed by atoms with Gasteiger partial charge in [0.25, 0.3) is 0 Å². The number of halogens is 1. The molecule has 19 heavy (non-hydrogen) atoms. The maximum absolute atomic E-state index is 9.92. The fraction of sp³-hybridized carbons (Fsp3) is 0.267. The minimum Gasteiger partial charge on any atom is -0.507 e. The first kappa shape index (κ1) is 15.3. The van der Waals surface area contributed by atoms with Crippen molar-refractivity contribution in [3.8, 4) is 5.75 Å². The van der Waals surface area contributed by atoms with Crippen molar-refractivity contribution in [3.63, 3.8) is 0 Å². The molecule has 0 fully saturated rings. The molecular formula is C15H19ClN2O. The number of phenols is 1. The Kier molecular flexibility index (Phi) is 4.78. The molecule has 102 valence electrons. The van der Waals surface area contributed by atoms with Crippen LogP contribution in [0.25, 0.3) is 10.8 Å². The van der Waals surface area contributed by atoms with Gasteiger partial charge in [0, 0.05) is 11.1 Å². The number of hydrazone groups is 1. The largest absolute Gasteiger partial charge is 0.507 e. The van der Waals surface area contributed by atoms with Gasteiger partial charge >= 0.3 is 0 Å². The third kappa shape index (κ3) is 3.86. The first-order chi connectivity index (χ1) is 8.47. The summed E-state index contributed by atoms with van der Waals surface area (Å²) in [7, 11) is 0. The SMILES string of the molecule is CC(C)(C)N/N=C/c1c(O)ccc2ccccc12.Cl. The van der Waals surface area contributed by atoms with E-state index in [-0.39, 0.29) is 23.7 Å². The van der Waals surface area contributed by atoms with Crippen molar-refractivity contribution >= 4 is 29.4 Å². The van der Waals surface area contributed by atoms with Crippen molar-refractivity contribution in [1.82, 2.24) is 5.43 Å². The van der Waals surface area contributed by atoms with E-state index in [1.54, 1.807) is 12.3 Å². The van der Waals surface area contributed by atoms with Crippen molar-refractivity contribution in [2.75, 3.05) is 0 Å².